The number of hydrogen-bond acceptors (Lipinski definition) is 3. The summed E-state index contributed by atoms with van der Waals surface area (Å²) in [6.45, 7) is 4.50. The molecular formula is C11H13NO3. The fourth-order valence-corrected chi connectivity index (χ4v) is 1.30. The van der Waals surface area contributed by atoms with Crippen LogP contribution in [0.1, 0.15) is 29.8 Å². The third-order valence-corrected chi connectivity index (χ3v) is 2.03. The van der Waals surface area contributed by atoms with Crippen molar-refractivity contribution in [2.45, 2.75) is 20.8 Å². The number of aromatic hydroxyl groups is 1. The lowest BCUT2D eigenvalue weighted by Gasteiger charge is -2.09. The Morgan fingerprint density at radius 1 is 1.27 bits per heavy atom. The van der Waals surface area contributed by atoms with Gasteiger partial charge in [0.05, 0.1) is 5.56 Å². The summed E-state index contributed by atoms with van der Waals surface area (Å²) in [6, 6.07) is 2.94. The van der Waals surface area contributed by atoms with Crippen LogP contribution in [-0.4, -0.2) is 16.8 Å². The molecule has 0 radical (unpaired) electrons. The molecule has 0 unspecified atom stereocenters. The maximum absolute atomic E-state index is 11.1. The van der Waals surface area contributed by atoms with Crippen LogP contribution in [0.2, 0.25) is 0 Å². The van der Waals surface area contributed by atoms with Gasteiger partial charge in [0.2, 0.25) is 5.91 Å². The van der Waals surface area contributed by atoms with Gasteiger partial charge in [-0.3, -0.25) is 9.59 Å². The number of Topliss-reactive ketones (excluding diaryl/α,β-unsaturated/α-hetero) is 1. The summed E-state index contributed by atoms with van der Waals surface area (Å²) in [4.78, 5) is 22.0. The lowest BCUT2D eigenvalue weighted by Crippen LogP contribution is -2.08. The van der Waals surface area contributed by atoms with Crippen LogP contribution in [0.25, 0.3) is 0 Å². The van der Waals surface area contributed by atoms with Crippen molar-refractivity contribution < 1.29 is 14.7 Å². The van der Waals surface area contributed by atoms with E-state index in [4.69, 9.17) is 0 Å². The van der Waals surface area contributed by atoms with Crippen molar-refractivity contribution in [3.63, 3.8) is 0 Å². The quantitative estimate of drug-likeness (QED) is 0.574. The largest absolute Gasteiger partial charge is 0.507 e. The maximum Gasteiger partial charge on any atom is 0.221 e. The number of ketones is 1. The Morgan fingerprint density at radius 3 is 2.33 bits per heavy atom. The Balaban J connectivity index is 3.23. The summed E-state index contributed by atoms with van der Waals surface area (Å²) < 4.78 is 0. The van der Waals surface area contributed by atoms with Gasteiger partial charge in [-0.1, -0.05) is 0 Å². The van der Waals surface area contributed by atoms with Crippen LogP contribution in [0, 0.1) is 6.92 Å². The number of carbonyl (C=O) groups is 2. The van der Waals surface area contributed by atoms with E-state index in [0.29, 0.717) is 11.3 Å². The molecule has 0 spiro atoms. The predicted octanol–water partition coefficient (Wildman–Crippen LogP) is 1.86. The summed E-state index contributed by atoms with van der Waals surface area (Å²) >= 11 is 0. The molecule has 0 aliphatic rings. The molecule has 0 aromatic heterocycles. The first-order valence-corrected chi connectivity index (χ1v) is 4.54. The molecule has 15 heavy (non-hydrogen) atoms. The first-order valence-electron chi connectivity index (χ1n) is 4.54. The highest BCUT2D eigenvalue weighted by atomic mass is 16.3. The van der Waals surface area contributed by atoms with Crippen LogP contribution in [-0.2, 0) is 4.79 Å². The zero-order chi connectivity index (χ0) is 11.6. The van der Waals surface area contributed by atoms with Crippen molar-refractivity contribution >= 4 is 17.4 Å². The van der Waals surface area contributed by atoms with Crippen molar-refractivity contribution in [2.75, 3.05) is 5.32 Å². The maximum atomic E-state index is 11.1. The van der Waals surface area contributed by atoms with E-state index in [1.165, 1.54) is 26.0 Å². The summed E-state index contributed by atoms with van der Waals surface area (Å²) in [6.07, 6.45) is 0. The molecule has 0 saturated heterocycles. The van der Waals surface area contributed by atoms with Crippen LogP contribution in [0.5, 0.6) is 5.75 Å². The number of phenols is 1. The normalized spacial score (nSPS) is 9.80. The van der Waals surface area contributed by atoms with Gasteiger partial charge in [-0.25, -0.2) is 0 Å². The molecule has 1 aromatic rings. The van der Waals surface area contributed by atoms with E-state index in [-0.39, 0.29) is 23.0 Å². The molecule has 1 amide bonds. The van der Waals surface area contributed by atoms with Gasteiger partial charge in [0.1, 0.15) is 5.75 Å². The summed E-state index contributed by atoms with van der Waals surface area (Å²) in [5, 5.41) is 12.1. The first-order chi connectivity index (χ1) is 6.91. The van der Waals surface area contributed by atoms with E-state index in [1.807, 2.05) is 0 Å². The van der Waals surface area contributed by atoms with E-state index < -0.39 is 0 Å². The van der Waals surface area contributed by atoms with Crippen molar-refractivity contribution in [3.05, 3.63) is 23.3 Å². The molecule has 0 atom stereocenters. The van der Waals surface area contributed by atoms with E-state index in [2.05, 4.69) is 5.32 Å². The molecule has 0 aliphatic heterocycles. The standard InChI is InChI=1S/C11H13NO3/c1-6-4-11(15)9(7(2)13)5-10(6)12-8(3)14/h4-5,15H,1-3H3,(H,12,14). The van der Waals surface area contributed by atoms with Gasteiger partial charge in [-0.05, 0) is 31.5 Å². The Kier molecular flexibility index (Phi) is 3.09. The fraction of sp³-hybridized carbons (Fsp3) is 0.273. The van der Waals surface area contributed by atoms with Crippen LogP contribution in [0.4, 0.5) is 5.69 Å². The molecule has 1 aromatic carbocycles. The molecule has 0 bridgehead atoms. The van der Waals surface area contributed by atoms with Gasteiger partial charge in [-0.15, -0.1) is 0 Å². The Hall–Kier alpha value is -1.84. The first kappa shape index (κ1) is 11.2. The van der Waals surface area contributed by atoms with E-state index in [0.717, 1.165) is 0 Å². The molecule has 0 fully saturated rings. The number of anilines is 1. The number of nitrogens with one attached hydrogen (secondary N) is 1. The number of carbonyl (C=O) groups excluding carboxylic acids is 2. The van der Waals surface area contributed by atoms with Gasteiger partial charge in [0.15, 0.2) is 5.78 Å². The molecule has 1 rings (SSSR count). The minimum Gasteiger partial charge on any atom is -0.507 e. The van der Waals surface area contributed by atoms with E-state index in [9.17, 15) is 14.7 Å². The van der Waals surface area contributed by atoms with E-state index >= 15 is 0 Å². The number of rotatable bonds is 2. The van der Waals surface area contributed by atoms with Crippen molar-refractivity contribution in [2.24, 2.45) is 0 Å². The fourth-order valence-electron chi connectivity index (χ4n) is 1.30. The number of aryl methyl sites for hydroxylation is 1. The van der Waals surface area contributed by atoms with Crippen LogP contribution >= 0.6 is 0 Å². The molecule has 80 valence electrons. The Bertz CT molecular complexity index is 424. The Morgan fingerprint density at radius 2 is 1.87 bits per heavy atom. The topological polar surface area (TPSA) is 66.4 Å². The molecule has 2 N–H and O–H groups in total. The highest BCUT2D eigenvalue weighted by Crippen LogP contribution is 2.26. The lowest BCUT2D eigenvalue weighted by molar-refractivity contribution is -0.114. The van der Waals surface area contributed by atoms with Crippen molar-refractivity contribution in [1.82, 2.24) is 0 Å². The molecular weight excluding hydrogens is 194 g/mol. The van der Waals surface area contributed by atoms with Crippen LogP contribution < -0.4 is 5.32 Å². The third-order valence-electron chi connectivity index (χ3n) is 2.03. The molecule has 4 heteroatoms. The average molecular weight is 207 g/mol. The second-order valence-electron chi connectivity index (χ2n) is 3.42. The molecule has 0 heterocycles. The predicted molar refractivity (Wildman–Crippen MR) is 57.2 cm³/mol. The van der Waals surface area contributed by atoms with Gasteiger partial charge < -0.3 is 10.4 Å². The molecule has 0 aliphatic carbocycles. The van der Waals surface area contributed by atoms with Gasteiger partial charge in [-0.2, -0.15) is 0 Å². The molecule has 0 saturated carbocycles. The minimum atomic E-state index is -0.237. The summed E-state index contributed by atoms with van der Waals surface area (Å²) in [7, 11) is 0. The smallest absolute Gasteiger partial charge is 0.221 e. The zero-order valence-corrected chi connectivity index (χ0v) is 8.92. The lowest BCUT2D eigenvalue weighted by atomic mass is 10.1. The average Bonchev–Trinajstić information content (AvgIpc) is 2.08. The number of phenolic OH excluding ortho intramolecular Hbond substituents is 1. The van der Waals surface area contributed by atoms with Gasteiger partial charge in [0, 0.05) is 12.6 Å². The second-order valence-corrected chi connectivity index (χ2v) is 3.42. The van der Waals surface area contributed by atoms with E-state index in [1.54, 1.807) is 6.92 Å². The number of amides is 1. The highest BCUT2D eigenvalue weighted by molar-refractivity contribution is 5.99. The third kappa shape index (κ3) is 2.56. The SMILES string of the molecule is CC(=O)Nc1cc(C(C)=O)c(O)cc1C. The van der Waals surface area contributed by atoms with Crippen molar-refractivity contribution in [1.29, 1.82) is 0 Å². The Labute approximate surface area is 87.9 Å². The van der Waals surface area contributed by atoms with Gasteiger partial charge in [0.25, 0.3) is 0 Å². The highest BCUT2D eigenvalue weighted by Gasteiger charge is 2.10. The van der Waals surface area contributed by atoms with Gasteiger partial charge >= 0.3 is 0 Å². The monoisotopic (exact) mass is 207 g/mol. The summed E-state index contributed by atoms with van der Waals surface area (Å²) in [5.41, 5.74) is 1.47. The zero-order valence-electron chi connectivity index (χ0n) is 8.92. The minimum absolute atomic E-state index is 0.0610. The van der Waals surface area contributed by atoms with Crippen LogP contribution in [0.15, 0.2) is 12.1 Å². The van der Waals surface area contributed by atoms with Crippen molar-refractivity contribution in [3.8, 4) is 5.75 Å². The number of benzene rings is 1. The molecule has 4 nitrogen and oxygen atoms in total. The second kappa shape index (κ2) is 4.13. The summed E-state index contributed by atoms with van der Waals surface area (Å²) in [5.74, 6) is -0.508. The number of hydrogen-bond donors (Lipinski definition) is 2. The van der Waals surface area contributed by atoms with Crippen LogP contribution in [0.3, 0.4) is 0 Å².